The van der Waals surface area contributed by atoms with Gasteiger partial charge in [-0.25, -0.2) is 8.78 Å². The second-order valence-electron chi connectivity index (χ2n) is 6.18. The quantitative estimate of drug-likeness (QED) is 0.929. The van der Waals surface area contributed by atoms with Gasteiger partial charge in [0.1, 0.15) is 0 Å². The van der Waals surface area contributed by atoms with E-state index in [2.05, 4.69) is 10.2 Å². The molecule has 2 atom stereocenters. The Morgan fingerprint density at radius 3 is 2.43 bits per heavy atom. The lowest BCUT2D eigenvalue weighted by molar-refractivity contribution is -0.117. The van der Waals surface area contributed by atoms with Gasteiger partial charge in [-0.05, 0) is 36.8 Å². The minimum absolute atomic E-state index is 0.167. The summed E-state index contributed by atoms with van der Waals surface area (Å²) in [6, 6.07) is 3.41. The number of likely N-dealkylation sites (tertiary alicyclic amines) is 1. The SMILES string of the molecule is O=C(CN1CC2CCCCC2C1)Nc1ccc(F)c(F)c1. The highest BCUT2D eigenvalue weighted by molar-refractivity contribution is 5.92. The van der Waals surface area contributed by atoms with Gasteiger partial charge in [-0.1, -0.05) is 12.8 Å². The van der Waals surface area contributed by atoms with Crippen LogP contribution in [-0.2, 0) is 4.79 Å². The average molecular weight is 294 g/mol. The molecule has 3 nitrogen and oxygen atoms in total. The first-order valence-electron chi connectivity index (χ1n) is 7.59. The number of hydrogen-bond donors (Lipinski definition) is 1. The molecule has 0 radical (unpaired) electrons. The Hall–Kier alpha value is -1.49. The molecule has 0 bridgehead atoms. The highest BCUT2D eigenvalue weighted by Crippen LogP contribution is 2.35. The summed E-state index contributed by atoms with van der Waals surface area (Å²) in [6.45, 7) is 2.29. The molecule has 1 aliphatic carbocycles. The maximum Gasteiger partial charge on any atom is 0.238 e. The molecule has 1 aliphatic heterocycles. The first kappa shape index (κ1) is 14.4. The van der Waals surface area contributed by atoms with Gasteiger partial charge in [0, 0.05) is 24.8 Å². The van der Waals surface area contributed by atoms with E-state index in [1.165, 1.54) is 31.7 Å². The minimum Gasteiger partial charge on any atom is -0.325 e. The Labute approximate surface area is 123 Å². The molecule has 1 amide bonds. The van der Waals surface area contributed by atoms with Gasteiger partial charge in [0.25, 0.3) is 0 Å². The second-order valence-corrected chi connectivity index (χ2v) is 6.18. The summed E-state index contributed by atoms with van der Waals surface area (Å²) in [5, 5.41) is 2.63. The molecular formula is C16H20F2N2O. The normalized spacial score (nSPS) is 25.6. The molecular weight excluding hydrogens is 274 g/mol. The summed E-state index contributed by atoms with van der Waals surface area (Å²) in [4.78, 5) is 14.2. The first-order valence-corrected chi connectivity index (χ1v) is 7.59. The van der Waals surface area contributed by atoms with E-state index in [-0.39, 0.29) is 5.91 Å². The number of carbonyl (C=O) groups is 1. The summed E-state index contributed by atoms with van der Waals surface area (Å²) in [5.74, 6) is -0.555. The number of anilines is 1. The fourth-order valence-electron chi connectivity index (χ4n) is 3.61. The Morgan fingerprint density at radius 1 is 1.14 bits per heavy atom. The molecule has 2 fully saturated rings. The summed E-state index contributed by atoms with van der Waals surface area (Å²) in [7, 11) is 0. The number of halogens is 2. The zero-order chi connectivity index (χ0) is 14.8. The van der Waals surface area contributed by atoms with E-state index >= 15 is 0 Å². The van der Waals surface area contributed by atoms with Crippen LogP contribution in [0.4, 0.5) is 14.5 Å². The van der Waals surface area contributed by atoms with Gasteiger partial charge >= 0.3 is 0 Å². The van der Waals surface area contributed by atoms with Gasteiger partial charge in [-0.3, -0.25) is 9.69 Å². The van der Waals surface area contributed by atoms with Gasteiger partial charge in [0.05, 0.1) is 6.54 Å². The van der Waals surface area contributed by atoms with Crippen LogP contribution in [0.25, 0.3) is 0 Å². The molecule has 0 spiro atoms. The predicted octanol–water partition coefficient (Wildman–Crippen LogP) is 3.03. The van der Waals surface area contributed by atoms with Crippen molar-refractivity contribution in [3.8, 4) is 0 Å². The van der Waals surface area contributed by atoms with Crippen LogP contribution in [0.15, 0.2) is 18.2 Å². The van der Waals surface area contributed by atoms with E-state index in [1.54, 1.807) is 0 Å². The van der Waals surface area contributed by atoms with Crippen molar-refractivity contribution in [3.63, 3.8) is 0 Å². The molecule has 5 heteroatoms. The lowest BCUT2D eigenvalue weighted by Gasteiger charge is -2.23. The van der Waals surface area contributed by atoms with Crippen molar-refractivity contribution in [2.75, 3.05) is 25.0 Å². The Balaban J connectivity index is 1.53. The van der Waals surface area contributed by atoms with Crippen molar-refractivity contribution < 1.29 is 13.6 Å². The van der Waals surface area contributed by atoms with E-state index in [1.807, 2.05) is 0 Å². The van der Waals surface area contributed by atoms with Crippen LogP contribution in [0.1, 0.15) is 25.7 Å². The summed E-state index contributed by atoms with van der Waals surface area (Å²) >= 11 is 0. The van der Waals surface area contributed by atoms with E-state index in [0.717, 1.165) is 37.1 Å². The van der Waals surface area contributed by atoms with Crippen molar-refractivity contribution in [1.82, 2.24) is 4.90 Å². The maximum atomic E-state index is 13.1. The molecule has 1 N–H and O–H groups in total. The van der Waals surface area contributed by atoms with Gasteiger partial charge in [0.2, 0.25) is 5.91 Å². The molecule has 3 rings (SSSR count). The number of benzene rings is 1. The molecule has 1 aromatic rings. The fourth-order valence-corrected chi connectivity index (χ4v) is 3.61. The Morgan fingerprint density at radius 2 is 1.81 bits per heavy atom. The van der Waals surface area contributed by atoms with Gasteiger partial charge in [-0.15, -0.1) is 0 Å². The molecule has 0 aromatic heterocycles. The molecule has 21 heavy (non-hydrogen) atoms. The monoisotopic (exact) mass is 294 g/mol. The van der Waals surface area contributed by atoms with Crippen molar-refractivity contribution in [2.45, 2.75) is 25.7 Å². The summed E-state index contributed by atoms with van der Waals surface area (Å²) < 4.78 is 25.9. The van der Waals surface area contributed by atoms with Crippen LogP contribution >= 0.6 is 0 Å². The number of nitrogens with zero attached hydrogens (tertiary/aromatic N) is 1. The Kier molecular flexibility index (Phi) is 4.19. The number of carbonyl (C=O) groups excluding carboxylic acids is 1. The lowest BCUT2D eigenvalue weighted by Crippen LogP contribution is -2.31. The Bertz CT molecular complexity index is 521. The molecule has 1 saturated carbocycles. The van der Waals surface area contributed by atoms with Crippen LogP contribution in [-0.4, -0.2) is 30.4 Å². The highest BCUT2D eigenvalue weighted by atomic mass is 19.2. The summed E-state index contributed by atoms with van der Waals surface area (Å²) in [5.41, 5.74) is 0.301. The van der Waals surface area contributed by atoms with E-state index in [4.69, 9.17) is 0 Å². The van der Waals surface area contributed by atoms with Crippen molar-refractivity contribution >= 4 is 11.6 Å². The van der Waals surface area contributed by atoms with E-state index in [0.29, 0.717) is 12.2 Å². The van der Waals surface area contributed by atoms with Crippen LogP contribution in [0.5, 0.6) is 0 Å². The highest BCUT2D eigenvalue weighted by Gasteiger charge is 2.34. The molecule has 1 aromatic carbocycles. The van der Waals surface area contributed by atoms with Gasteiger partial charge in [0.15, 0.2) is 11.6 Å². The minimum atomic E-state index is -0.944. The molecule has 2 aliphatic rings. The predicted molar refractivity (Wildman–Crippen MR) is 76.9 cm³/mol. The van der Waals surface area contributed by atoms with Crippen molar-refractivity contribution in [2.24, 2.45) is 11.8 Å². The third kappa shape index (κ3) is 3.40. The zero-order valence-corrected chi connectivity index (χ0v) is 11.9. The third-order valence-corrected chi connectivity index (χ3v) is 4.62. The van der Waals surface area contributed by atoms with Crippen molar-refractivity contribution in [1.29, 1.82) is 0 Å². The van der Waals surface area contributed by atoms with Crippen LogP contribution in [0, 0.1) is 23.5 Å². The maximum absolute atomic E-state index is 13.1. The standard InChI is InChI=1S/C16H20F2N2O/c17-14-6-5-13(7-15(14)18)19-16(21)10-20-8-11-3-1-2-4-12(11)9-20/h5-7,11-12H,1-4,8-10H2,(H,19,21). The largest absolute Gasteiger partial charge is 0.325 e. The number of amides is 1. The second kappa shape index (κ2) is 6.10. The molecule has 1 heterocycles. The number of nitrogens with one attached hydrogen (secondary N) is 1. The molecule has 1 saturated heterocycles. The van der Waals surface area contributed by atoms with Crippen LogP contribution in [0.3, 0.4) is 0 Å². The molecule has 114 valence electrons. The molecule has 2 unspecified atom stereocenters. The number of rotatable bonds is 3. The lowest BCUT2D eigenvalue weighted by atomic mass is 9.82. The summed E-state index contributed by atoms with van der Waals surface area (Å²) in [6.07, 6.45) is 5.14. The average Bonchev–Trinajstić information content (AvgIpc) is 2.84. The third-order valence-electron chi connectivity index (χ3n) is 4.62. The first-order chi connectivity index (χ1) is 10.1. The number of fused-ring (bicyclic) bond motifs is 1. The van der Waals surface area contributed by atoms with E-state index in [9.17, 15) is 13.6 Å². The topological polar surface area (TPSA) is 32.3 Å². The van der Waals surface area contributed by atoms with Gasteiger partial charge in [-0.2, -0.15) is 0 Å². The van der Waals surface area contributed by atoms with Crippen LogP contribution < -0.4 is 5.32 Å². The van der Waals surface area contributed by atoms with E-state index < -0.39 is 11.6 Å². The van der Waals surface area contributed by atoms with Gasteiger partial charge < -0.3 is 5.32 Å². The van der Waals surface area contributed by atoms with Crippen LogP contribution in [0.2, 0.25) is 0 Å². The fraction of sp³-hybridized carbons (Fsp3) is 0.562. The van der Waals surface area contributed by atoms with Crippen molar-refractivity contribution in [3.05, 3.63) is 29.8 Å². The smallest absolute Gasteiger partial charge is 0.238 e. The zero-order valence-electron chi connectivity index (χ0n) is 11.9. The number of hydrogen-bond acceptors (Lipinski definition) is 2.